The number of hydrogen-bond donors (Lipinski definition) is 1. The van der Waals surface area contributed by atoms with Gasteiger partial charge in [-0.2, -0.15) is 0 Å². The van der Waals surface area contributed by atoms with Crippen molar-refractivity contribution in [3.63, 3.8) is 0 Å². The van der Waals surface area contributed by atoms with Crippen LogP contribution in [0.25, 0.3) is 0 Å². The van der Waals surface area contributed by atoms with Gasteiger partial charge in [0.15, 0.2) is 0 Å². The summed E-state index contributed by atoms with van der Waals surface area (Å²) in [6.45, 7) is 6.20. The van der Waals surface area contributed by atoms with Crippen molar-refractivity contribution in [2.24, 2.45) is 5.41 Å². The molecule has 2 amide bonds. The summed E-state index contributed by atoms with van der Waals surface area (Å²) in [6, 6.07) is 5.89. The van der Waals surface area contributed by atoms with Gasteiger partial charge in [-0.05, 0) is 37.8 Å². The third kappa shape index (κ3) is 2.61. The zero-order valence-electron chi connectivity index (χ0n) is 13.1. The fourth-order valence-corrected chi connectivity index (χ4v) is 2.98. The molecule has 0 spiro atoms. The molecule has 1 aromatic carbocycles. The van der Waals surface area contributed by atoms with Crippen molar-refractivity contribution < 1.29 is 14.3 Å². The second-order valence-corrected chi connectivity index (χ2v) is 6.21. The third-order valence-corrected chi connectivity index (χ3v) is 4.61. The number of aryl methyl sites for hydroxylation is 2. The number of carbonyl (C=O) groups excluding carboxylic acids is 2. The Kier molecular flexibility index (Phi) is 3.91. The Hall–Kier alpha value is -1.88. The van der Waals surface area contributed by atoms with E-state index in [0.717, 1.165) is 16.8 Å². The van der Waals surface area contributed by atoms with Crippen LogP contribution >= 0.6 is 0 Å². The molecule has 0 atom stereocenters. The Morgan fingerprint density at radius 3 is 2.27 bits per heavy atom. The van der Waals surface area contributed by atoms with Crippen molar-refractivity contribution in [1.82, 2.24) is 4.90 Å². The van der Waals surface area contributed by atoms with Gasteiger partial charge in [-0.25, -0.2) is 0 Å². The number of nitrogens with one attached hydrogen (secondary N) is 1. The Morgan fingerprint density at radius 1 is 1.14 bits per heavy atom. The number of morpholine rings is 1. The number of ether oxygens (including phenoxy) is 1. The van der Waals surface area contributed by atoms with E-state index in [9.17, 15) is 9.59 Å². The molecular formula is C17H22N2O3. The number of nitrogens with zero attached hydrogens (tertiary/aromatic N) is 1. The average molecular weight is 302 g/mol. The number of carbonyl (C=O) groups is 2. The predicted molar refractivity (Wildman–Crippen MR) is 83.6 cm³/mol. The van der Waals surface area contributed by atoms with Crippen LogP contribution in [0, 0.1) is 19.3 Å². The van der Waals surface area contributed by atoms with Gasteiger partial charge in [-0.15, -0.1) is 0 Å². The molecule has 1 aliphatic carbocycles. The minimum absolute atomic E-state index is 0.0421. The summed E-state index contributed by atoms with van der Waals surface area (Å²) in [5.74, 6) is -0.207. The van der Waals surface area contributed by atoms with Gasteiger partial charge in [-0.3, -0.25) is 9.59 Å². The van der Waals surface area contributed by atoms with Crippen molar-refractivity contribution in [2.75, 3.05) is 31.6 Å². The average Bonchev–Trinajstić information content (AvgIpc) is 3.33. The summed E-state index contributed by atoms with van der Waals surface area (Å²) in [5, 5.41) is 2.98. The van der Waals surface area contributed by atoms with Crippen molar-refractivity contribution >= 4 is 17.5 Å². The molecule has 118 valence electrons. The van der Waals surface area contributed by atoms with E-state index < -0.39 is 5.41 Å². The van der Waals surface area contributed by atoms with Gasteiger partial charge in [0.1, 0.15) is 5.41 Å². The molecule has 5 heteroatoms. The summed E-state index contributed by atoms with van der Waals surface area (Å²) in [5.41, 5.74) is 2.01. The first-order valence-corrected chi connectivity index (χ1v) is 7.79. The van der Waals surface area contributed by atoms with Crippen molar-refractivity contribution in [3.05, 3.63) is 29.3 Å². The number of para-hydroxylation sites is 1. The summed E-state index contributed by atoms with van der Waals surface area (Å²) in [7, 11) is 0. The van der Waals surface area contributed by atoms with E-state index in [-0.39, 0.29) is 11.8 Å². The van der Waals surface area contributed by atoms with E-state index in [1.54, 1.807) is 4.90 Å². The molecule has 3 rings (SSSR count). The Morgan fingerprint density at radius 2 is 1.73 bits per heavy atom. The largest absolute Gasteiger partial charge is 0.378 e. The maximum absolute atomic E-state index is 12.7. The smallest absolute Gasteiger partial charge is 0.240 e. The van der Waals surface area contributed by atoms with Crippen LogP contribution < -0.4 is 5.32 Å². The molecule has 1 saturated heterocycles. The van der Waals surface area contributed by atoms with Crippen LogP contribution in [0.3, 0.4) is 0 Å². The molecule has 0 unspecified atom stereocenters. The second-order valence-electron chi connectivity index (χ2n) is 6.21. The van der Waals surface area contributed by atoms with E-state index in [1.165, 1.54) is 0 Å². The van der Waals surface area contributed by atoms with Crippen LogP contribution in [0.2, 0.25) is 0 Å². The SMILES string of the molecule is Cc1cccc(C)c1NC(=O)C1(C(=O)N2CCOCC2)CC1. The lowest BCUT2D eigenvalue weighted by molar-refractivity contribution is -0.145. The van der Waals surface area contributed by atoms with Crippen LogP contribution in [-0.2, 0) is 14.3 Å². The van der Waals surface area contributed by atoms with Crippen LogP contribution in [0.1, 0.15) is 24.0 Å². The third-order valence-electron chi connectivity index (χ3n) is 4.61. The standard InChI is InChI=1S/C17H22N2O3/c1-12-4-3-5-13(2)14(12)18-15(20)17(6-7-17)16(21)19-8-10-22-11-9-19/h3-5H,6-11H2,1-2H3,(H,18,20). The Bertz CT molecular complexity index is 582. The quantitative estimate of drug-likeness (QED) is 0.867. The zero-order valence-corrected chi connectivity index (χ0v) is 13.1. The maximum atomic E-state index is 12.7. The molecule has 22 heavy (non-hydrogen) atoms. The van der Waals surface area contributed by atoms with Crippen LogP contribution in [-0.4, -0.2) is 43.0 Å². The minimum atomic E-state index is -0.855. The minimum Gasteiger partial charge on any atom is -0.378 e. The molecule has 1 aliphatic heterocycles. The monoisotopic (exact) mass is 302 g/mol. The second kappa shape index (κ2) is 5.72. The Labute approximate surface area is 130 Å². The van der Waals surface area contributed by atoms with E-state index in [2.05, 4.69) is 5.32 Å². The lowest BCUT2D eigenvalue weighted by Gasteiger charge is -2.30. The highest BCUT2D eigenvalue weighted by Gasteiger charge is 2.58. The van der Waals surface area contributed by atoms with E-state index >= 15 is 0 Å². The van der Waals surface area contributed by atoms with Crippen molar-refractivity contribution in [1.29, 1.82) is 0 Å². The van der Waals surface area contributed by atoms with Gasteiger partial charge >= 0.3 is 0 Å². The highest BCUT2D eigenvalue weighted by molar-refractivity contribution is 6.13. The van der Waals surface area contributed by atoms with E-state index in [0.29, 0.717) is 39.1 Å². The topological polar surface area (TPSA) is 58.6 Å². The molecule has 1 aromatic rings. The van der Waals surface area contributed by atoms with Gasteiger partial charge in [0.2, 0.25) is 11.8 Å². The summed E-state index contributed by atoms with van der Waals surface area (Å²) < 4.78 is 5.28. The summed E-state index contributed by atoms with van der Waals surface area (Å²) in [6.07, 6.45) is 1.28. The van der Waals surface area contributed by atoms with E-state index in [4.69, 9.17) is 4.74 Å². The lowest BCUT2D eigenvalue weighted by atomic mass is 10.0. The number of amides is 2. The summed E-state index contributed by atoms with van der Waals surface area (Å²) >= 11 is 0. The first kappa shape index (κ1) is 15.0. The van der Waals surface area contributed by atoms with Gasteiger partial charge in [0.05, 0.1) is 13.2 Å². The number of hydrogen-bond acceptors (Lipinski definition) is 3. The molecule has 1 N–H and O–H groups in total. The molecule has 5 nitrogen and oxygen atoms in total. The molecule has 0 radical (unpaired) electrons. The number of anilines is 1. The first-order chi connectivity index (χ1) is 10.5. The molecule has 2 fully saturated rings. The summed E-state index contributed by atoms with van der Waals surface area (Å²) in [4.78, 5) is 27.2. The molecule has 1 heterocycles. The molecular weight excluding hydrogens is 280 g/mol. The van der Waals surface area contributed by atoms with E-state index in [1.807, 2.05) is 32.0 Å². The Balaban J connectivity index is 1.75. The molecule has 0 bridgehead atoms. The maximum Gasteiger partial charge on any atom is 0.240 e. The lowest BCUT2D eigenvalue weighted by Crippen LogP contribution is -2.47. The molecule has 0 aromatic heterocycles. The fourth-order valence-electron chi connectivity index (χ4n) is 2.98. The predicted octanol–water partition coefficient (Wildman–Crippen LogP) is 1.88. The van der Waals surface area contributed by atoms with Crippen LogP contribution in [0.15, 0.2) is 18.2 Å². The van der Waals surface area contributed by atoms with Crippen LogP contribution in [0.5, 0.6) is 0 Å². The highest BCUT2D eigenvalue weighted by atomic mass is 16.5. The highest BCUT2D eigenvalue weighted by Crippen LogP contribution is 2.48. The molecule has 2 aliphatic rings. The van der Waals surface area contributed by atoms with Gasteiger partial charge in [0, 0.05) is 18.8 Å². The number of rotatable bonds is 3. The van der Waals surface area contributed by atoms with Gasteiger partial charge in [0.25, 0.3) is 0 Å². The van der Waals surface area contributed by atoms with Crippen molar-refractivity contribution in [3.8, 4) is 0 Å². The zero-order chi connectivity index (χ0) is 15.7. The fraction of sp³-hybridized carbons (Fsp3) is 0.529. The molecule has 1 saturated carbocycles. The van der Waals surface area contributed by atoms with Crippen LogP contribution in [0.4, 0.5) is 5.69 Å². The number of benzene rings is 1. The normalized spacial score (nSPS) is 19.6. The first-order valence-electron chi connectivity index (χ1n) is 7.79. The van der Waals surface area contributed by atoms with Gasteiger partial charge < -0.3 is 15.0 Å². The van der Waals surface area contributed by atoms with Crippen molar-refractivity contribution in [2.45, 2.75) is 26.7 Å². The van der Waals surface area contributed by atoms with Gasteiger partial charge in [-0.1, -0.05) is 18.2 Å².